The maximum atomic E-state index is 14.2. The minimum atomic E-state index is -8.14. The van der Waals surface area contributed by atoms with Gasteiger partial charge in [0.1, 0.15) is 24.7 Å². The zero-order valence-electron chi connectivity index (χ0n) is 19.8. The van der Waals surface area contributed by atoms with Crippen LogP contribution in [0, 0.1) is 5.41 Å². The molecule has 0 bridgehead atoms. The first kappa shape index (κ1) is 36.9. The normalized spacial score (nSPS) is 15.9. The van der Waals surface area contributed by atoms with Crippen molar-refractivity contribution in [1.82, 2.24) is 0 Å². The van der Waals surface area contributed by atoms with E-state index in [2.05, 4.69) is 27.4 Å². The lowest BCUT2D eigenvalue weighted by molar-refractivity contribution is -0.440. The Kier molecular flexibility index (Phi) is 11.3. The van der Waals surface area contributed by atoms with Gasteiger partial charge in [0.05, 0.1) is 13.0 Å². The van der Waals surface area contributed by atoms with Crippen molar-refractivity contribution in [2.24, 2.45) is 5.41 Å². The van der Waals surface area contributed by atoms with Crippen molar-refractivity contribution in [1.29, 1.82) is 0 Å². The number of hydrogen-bond donors (Lipinski definition) is 1. The highest BCUT2D eigenvalue weighted by Gasteiger charge is 2.90. The van der Waals surface area contributed by atoms with Gasteiger partial charge in [-0.1, -0.05) is 13.2 Å². The van der Waals surface area contributed by atoms with Crippen LogP contribution in [0.15, 0.2) is 25.3 Å². The van der Waals surface area contributed by atoms with E-state index in [-0.39, 0.29) is 6.08 Å². The van der Waals surface area contributed by atoms with Gasteiger partial charge in [0.15, 0.2) is 0 Å². The molecule has 20 heteroatoms. The number of aliphatic hydroxyl groups excluding tert-OH is 1. The molecule has 0 radical (unpaired) electrons. The van der Waals surface area contributed by atoms with Crippen molar-refractivity contribution < 1.29 is 90.8 Å². The molecule has 0 aliphatic heterocycles. The van der Waals surface area contributed by atoms with Gasteiger partial charge in [0.2, 0.25) is 0 Å². The minimum absolute atomic E-state index is 0.157. The topological polar surface area (TPSA) is 99.1 Å². The van der Waals surface area contributed by atoms with E-state index >= 15 is 0 Å². The van der Waals surface area contributed by atoms with Gasteiger partial charge in [-0.05, 0) is 6.92 Å². The third-order valence-electron chi connectivity index (χ3n) is 4.87. The van der Waals surface area contributed by atoms with Crippen LogP contribution in [0.25, 0.3) is 0 Å². The molecule has 2 unspecified atom stereocenters. The van der Waals surface area contributed by atoms with Crippen LogP contribution >= 0.6 is 0 Å². The van der Waals surface area contributed by atoms with Crippen molar-refractivity contribution >= 4 is 17.9 Å². The molecule has 2 atom stereocenters. The summed E-state index contributed by atoms with van der Waals surface area (Å²) in [5.74, 6) is -43.1. The molecule has 0 aromatic rings. The minimum Gasteiger partial charge on any atom is -0.461 e. The van der Waals surface area contributed by atoms with Crippen molar-refractivity contribution in [2.45, 2.75) is 55.2 Å². The quantitative estimate of drug-likeness (QED) is 0.125. The summed E-state index contributed by atoms with van der Waals surface area (Å²) < 4.78 is 186. The maximum Gasteiger partial charge on any atom is 0.460 e. The zero-order chi connectivity index (χ0) is 32.2. The summed E-state index contributed by atoms with van der Waals surface area (Å²) in [7, 11) is 0. The fourth-order valence-corrected chi connectivity index (χ4v) is 2.36. The van der Waals surface area contributed by atoms with E-state index in [1.54, 1.807) is 0 Å². The van der Waals surface area contributed by atoms with Gasteiger partial charge in [0, 0.05) is 12.2 Å². The summed E-state index contributed by atoms with van der Waals surface area (Å²) in [6.07, 6.45) is -12.8. The number of halogens is 13. The lowest BCUT2D eigenvalue weighted by Crippen LogP contribution is -2.70. The monoisotopic (exact) mass is 618 g/mol. The van der Waals surface area contributed by atoms with Crippen LogP contribution in [0.3, 0.4) is 0 Å². The first-order valence-electron chi connectivity index (χ1n) is 10.1. The van der Waals surface area contributed by atoms with Crippen LogP contribution in [0.5, 0.6) is 0 Å². The number of aliphatic hydroxyl groups is 1. The van der Waals surface area contributed by atoms with Gasteiger partial charge in [-0.15, -0.1) is 0 Å². The van der Waals surface area contributed by atoms with Crippen LogP contribution in [0.2, 0.25) is 0 Å². The molecule has 0 amide bonds. The highest BCUT2D eigenvalue weighted by molar-refractivity contribution is 5.82. The van der Waals surface area contributed by atoms with Crippen LogP contribution in [-0.4, -0.2) is 84.7 Å². The van der Waals surface area contributed by atoms with Crippen molar-refractivity contribution in [3.8, 4) is 0 Å². The van der Waals surface area contributed by atoms with E-state index in [4.69, 9.17) is 0 Å². The summed E-state index contributed by atoms with van der Waals surface area (Å²) in [5, 5.41) is 9.34. The van der Waals surface area contributed by atoms with Crippen LogP contribution in [0.4, 0.5) is 57.1 Å². The molecule has 0 saturated carbocycles. The molecule has 0 aliphatic rings. The molecule has 232 valence electrons. The molecule has 0 aromatic carbocycles. The smallest absolute Gasteiger partial charge is 0.460 e. The maximum absolute atomic E-state index is 14.2. The Balaban J connectivity index is 6.22. The van der Waals surface area contributed by atoms with E-state index in [1.165, 1.54) is 0 Å². The Bertz CT molecular complexity index is 963. The second-order valence-corrected chi connectivity index (χ2v) is 8.10. The van der Waals surface area contributed by atoms with E-state index in [0.29, 0.717) is 6.08 Å². The van der Waals surface area contributed by atoms with E-state index in [9.17, 15) is 76.6 Å². The Morgan fingerprint density at radius 3 is 1.60 bits per heavy atom. The third-order valence-corrected chi connectivity index (χ3v) is 4.87. The molecule has 0 heterocycles. The first-order chi connectivity index (χ1) is 17.7. The average Bonchev–Trinajstić information content (AvgIpc) is 2.83. The lowest BCUT2D eigenvalue weighted by Gasteiger charge is -2.40. The fourth-order valence-electron chi connectivity index (χ4n) is 2.36. The van der Waals surface area contributed by atoms with E-state index in [0.717, 1.165) is 6.92 Å². The SMILES string of the molecule is C=CC(=O)OCC(C)(CO)C(=O)OCC(CC(F)(F)C(F)(F)C(F)(F)C(F)(F)C(F)(F)C(F)(F)F)OC(=O)C=C. The number of ether oxygens (including phenoxy) is 3. The van der Waals surface area contributed by atoms with Gasteiger partial charge in [-0.3, -0.25) is 4.79 Å². The van der Waals surface area contributed by atoms with Gasteiger partial charge in [-0.2, -0.15) is 57.1 Å². The van der Waals surface area contributed by atoms with Crippen LogP contribution in [0.1, 0.15) is 13.3 Å². The van der Waals surface area contributed by atoms with Crippen molar-refractivity contribution in [3.63, 3.8) is 0 Å². The van der Waals surface area contributed by atoms with Crippen LogP contribution < -0.4 is 0 Å². The second kappa shape index (κ2) is 12.2. The van der Waals surface area contributed by atoms with E-state index < -0.39 is 91.5 Å². The van der Waals surface area contributed by atoms with Gasteiger partial charge >= 0.3 is 53.7 Å². The third kappa shape index (κ3) is 7.17. The molecule has 40 heavy (non-hydrogen) atoms. The molecular weight excluding hydrogens is 599 g/mol. The van der Waals surface area contributed by atoms with Gasteiger partial charge < -0.3 is 19.3 Å². The summed E-state index contributed by atoms with van der Waals surface area (Å²) in [6, 6.07) is 0. The Morgan fingerprint density at radius 1 is 0.750 bits per heavy atom. The largest absolute Gasteiger partial charge is 0.461 e. The summed E-state index contributed by atoms with van der Waals surface area (Å²) in [5.41, 5.74) is -2.23. The number of carbonyl (C=O) groups is 3. The van der Waals surface area contributed by atoms with Gasteiger partial charge in [-0.25, -0.2) is 9.59 Å². The summed E-state index contributed by atoms with van der Waals surface area (Å²) in [4.78, 5) is 34.7. The molecule has 1 N–H and O–H groups in total. The second-order valence-electron chi connectivity index (χ2n) is 8.10. The standard InChI is InChI=1S/C20H19F13O7/c1-4-11(35)39-9-14(3,8-34)13(37)38-7-10(40-12(36)5-2)6-15(21,22)16(23,24)17(25,26)18(27,28)19(29,30)20(31,32)33/h4-5,10,34H,1-2,6-9H2,3H3. The van der Waals surface area contributed by atoms with Gasteiger partial charge in [0.25, 0.3) is 0 Å². The molecular formula is C20H19F13O7. The van der Waals surface area contributed by atoms with Crippen molar-refractivity contribution in [3.05, 3.63) is 25.3 Å². The van der Waals surface area contributed by atoms with Crippen molar-refractivity contribution in [2.75, 3.05) is 19.8 Å². The molecule has 0 fully saturated rings. The highest BCUT2D eigenvalue weighted by atomic mass is 19.4. The summed E-state index contributed by atoms with van der Waals surface area (Å²) >= 11 is 0. The highest BCUT2D eigenvalue weighted by Crippen LogP contribution is 2.60. The predicted molar refractivity (Wildman–Crippen MR) is 103 cm³/mol. The Labute approximate surface area is 215 Å². The number of rotatable bonds is 15. The predicted octanol–water partition coefficient (Wildman–Crippen LogP) is 4.48. The molecule has 0 aromatic heterocycles. The molecule has 7 nitrogen and oxygen atoms in total. The number of hydrogen-bond acceptors (Lipinski definition) is 7. The number of esters is 3. The zero-order valence-corrected chi connectivity index (χ0v) is 19.8. The number of carbonyl (C=O) groups excluding carboxylic acids is 3. The summed E-state index contributed by atoms with van der Waals surface area (Å²) in [6.45, 7) is 2.58. The lowest BCUT2D eigenvalue weighted by atomic mass is 9.91. The first-order valence-corrected chi connectivity index (χ1v) is 10.1. The Morgan fingerprint density at radius 2 is 1.20 bits per heavy atom. The molecule has 0 aliphatic carbocycles. The molecule has 0 rings (SSSR count). The fraction of sp³-hybridized carbons (Fsp3) is 0.650. The number of alkyl halides is 13. The van der Waals surface area contributed by atoms with E-state index in [1.807, 2.05) is 0 Å². The molecule has 0 spiro atoms. The Hall–Kier alpha value is -3.06. The van der Waals surface area contributed by atoms with Crippen LogP contribution in [-0.2, 0) is 28.6 Å². The average molecular weight is 618 g/mol. The molecule has 0 saturated heterocycles.